The number of amides is 2. The van der Waals surface area contributed by atoms with Gasteiger partial charge in [-0.25, -0.2) is 0 Å². The molecule has 1 fully saturated rings. The van der Waals surface area contributed by atoms with Crippen molar-refractivity contribution in [1.29, 1.82) is 0 Å². The Bertz CT molecular complexity index is 938. The molecule has 0 spiro atoms. The van der Waals surface area contributed by atoms with E-state index in [4.69, 9.17) is 28.6 Å². The summed E-state index contributed by atoms with van der Waals surface area (Å²) in [4.78, 5) is 26.6. The largest absolute Gasteiger partial charge is 0.497 e. The number of anilines is 1. The molecule has 132 valence electrons. The van der Waals surface area contributed by atoms with Crippen molar-refractivity contribution in [3.8, 4) is 5.75 Å². The van der Waals surface area contributed by atoms with E-state index in [-0.39, 0.29) is 10.7 Å². The Morgan fingerprint density at radius 1 is 1.15 bits per heavy atom. The van der Waals surface area contributed by atoms with Crippen LogP contribution in [0.3, 0.4) is 0 Å². The molecule has 0 atom stereocenters. The van der Waals surface area contributed by atoms with Crippen molar-refractivity contribution in [1.82, 2.24) is 5.32 Å². The number of carbonyl (C=O) groups is 2. The molecule has 0 unspecified atom stereocenters. The predicted octanol–water partition coefficient (Wildman–Crippen LogP) is 3.49. The lowest BCUT2D eigenvalue weighted by atomic mass is 10.1. The highest BCUT2D eigenvalue weighted by Gasteiger charge is 2.35. The second-order valence-corrected chi connectivity index (χ2v) is 6.41. The lowest BCUT2D eigenvalue weighted by Crippen LogP contribution is -2.54. The van der Waals surface area contributed by atoms with E-state index in [2.05, 4.69) is 5.32 Å². The van der Waals surface area contributed by atoms with Crippen LogP contribution in [0.15, 0.2) is 48.0 Å². The van der Waals surface area contributed by atoms with Crippen molar-refractivity contribution < 1.29 is 14.3 Å². The molecule has 0 aromatic heterocycles. The number of halogens is 1. The van der Waals surface area contributed by atoms with E-state index in [1.165, 1.54) is 11.0 Å². The Labute approximate surface area is 161 Å². The highest BCUT2D eigenvalue weighted by atomic mass is 35.5. The standard InChI is InChI=1S/C19H15ClN2O3S/c1-11-15(20)4-3-5-16(11)22-18(24)14(17(23)21-19(22)26)10-12-6-8-13(25-2)9-7-12/h3-10H,1-2H3,(H,21,23,26)/b14-10+. The maximum Gasteiger partial charge on any atom is 0.270 e. The summed E-state index contributed by atoms with van der Waals surface area (Å²) in [6.07, 6.45) is 1.52. The second-order valence-electron chi connectivity index (χ2n) is 5.61. The summed E-state index contributed by atoms with van der Waals surface area (Å²) < 4.78 is 5.11. The molecule has 0 saturated carbocycles. The van der Waals surface area contributed by atoms with E-state index in [0.717, 1.165) is 0 Å². The number of thiocarbonyl (C=S) groups is 1. The average molecular weight is 387 g/mol. The highest BCUT2D eigenvalue weighted by molar-refractivity contribution is 7.80. The van der Waals surface area contributed by atoms with Gasteiger partial charge in [0, 0.05) is 5.02 Å². The predicted molar refractivity (Wildman–Crippen MR) is 105 cm³/mol. The lowest BCUT2D eigenvalue weighted by Gasteiger charge is -2.30. The van der Waals surface area contributed by atoms with Crippen LogP contribution in [0.2, 0.25) is 5.02 Å². The molecule has 1 aliphatic rings. The van der Waals surface area contributed by atoms with Crippen LogP contribution in [-0.2, 0) is 9.59 Å². The molecule has 1 aliphatic heterocycles. The molecular weight excluding hydrogens is 372 g/mol. The Balaban J connectivity index is 2.02. The molecule has 0 aliphatic carbocycles. The van der Waals surface area contributed by atoms with Gasteiger partial charge in [-0.05, 0) is 60.6 Å². The third-order valence-corrected chi connectivity index (χ3v) is 4.70. The minimum atomic E-state index is -0.535. The van der Waals surface area contributed by atoms with Crippen LogP contribution < -0.4 is 15.0 Å². The van der Waals surface area contributed by atoms with Gasteiger partial charge < -0.3 is 4.74 Å². The zero-order valence-corrected chi connectivity index (χ0v) is 15.6. The first-order valence-electron chi connectivity index (χ1n) is 7.73. The number of nitrogens with one attached hydrogen (secondary N) is 1. The van der Waals surface area contributed by atoms with Gasteiger partial charge in [0.15, 0.2) is 5.11 Å². The van der Waals surface area contributed by atoms with Crippen molar-refractivity contribution in [3.63, 3.8) is 0 Å². The fourth-order valence-corrected chi connectivity index (χ4v) is 3.02. The van der Waals surface area contributed by atoms with E-state index in [0.29, 0.717) is 27.6 Å². The molecule has 26 heavy (non-hydrogen) atoms. The monoisotopic (exact) mass is 386 g/mol. The zero-order chi connectivity index (χ0) is 18.8. The van der Waals surface area contributed by atoms with E-state index in [1.54, 1.807) is 56.5 Å². The Morgan fingerprint density at radius 2 is 1.85 bits per heavy atom. The molecule has 7 heteroatoms. The normalized spacial score (nSPS) is 16.0. The number of hydrogen-bond acceptors (Lipinski definition) is 4. The maximum atomic E-state index is 13.0. The fourth-order valence-electron chi connectivity index (χ4n) is 2.58. The molecular formula is C19H15ClN2O3S. The van der Waals surface area contributed by atoms with E-state index in [9.17, 15) is 9.59 Å². The van der Waals surface area contributed by atoms with Crippen molar-refractivity contribution in [2.45, 2.75) is 6.92 Å². The molecule has 3 rings (SSSR count). The molecule has 1 heterocycles. The quantitative estimate of drug-likeness (QED) is 0.498. The summed E-state index contributed by atoms with van der Waals surface area (Å²) >= 11 is 11.4. The van der Waals surface area contributed by atoms with Gasteiger partial charge in [-0.1, -0.05) is 29.8 Å². The van der Waals surface area contributed by atoms with Crippen LogP contribution >= 0.6 is 23.8 Å². The molecule has 1 N–H and O–H groups in total. The SMILES string of the molecule is COc1ccc(/C=C2\C(=O)NC(=S)N(c3cccc(Cl)c3C)C2=O)cc1. The van der Waals surface area contributed by atoms with Crippen molar-refractivity contribution >= 4 is 52.5 Å². The van der Waals surface area contributed by atoms with E-state index >= 15 is 0 Å². The number of rotatable bonds is 3. The van der Waals surface area contributed by atoms with Crippen LogP contribution in [0.4, 0.5) is 5.69 Å². The zero-order valence-electron chi connectivity index (χ0n) is 14.1. The summed E-state index contributed by atoms with van der Waals surface area (Å²) in [5.41, 5.74) is 1.92. The van der Waals surface area contributed by atoms with Gasteiger partial charge >= 0.3 is 0 Å². The molecule has 2 aromatic carbocycles. The topological polar surface area (TPSA) is 58.6 Å². The summed E-state index contributed by atoms with van der Waals surface area (Å²) in [5, 5.41) is 3.09. The minimum absolute atomic E-state index is 0.0110. The van der Waals surface area contributed by atoms with Crippen LogP contribution in [-0.4, -0.2) is 24.0 Å². The number of ether oxygens (including phenoxy) is 1. The van der Waals surface area contributed by atoms with Crippen LogP contribution in [0.5, 0.6) is 5.75 Å². The number of methoxy groups -OCH3 is 1. The maximum absolute atomic E-state index is 13.0. The summed E-state index contributed by atoms with van der Waals surface area (Å²) in [5.74, 6) is -0.351. The molecule has 2 aromatic rings. The van der Waals surface area contributed by atoms with Crippen LogP contribution in [0.1, 0.15) is 11.1 Å². The molecule has 0 radical (unpaired) electrons. The molecule has 5 nitrogen and oxygen atoms in total. The number of benzene rings is 2. The van der Waals surface area contributed by atoms with Crippen molar-refractivity contribution in [2.24, 2.45) is 0 Å². The van der Waals surface area contributed by atoms with Crippen molar-refractivity contribution in [2.75, 3.05) is 12.0 Å². The molecule has 0 bridgehead atoms. The molecule has 1 saturated heterocycles. The first-order chi connectivity index (χ1) is 12.4. The minimum Gasteiger partial charge on any atom is -0.497 e. The van der Waals surface area contributed by atoms with Gasteiger partial charge in [-0.3, -0.25) is 19.8 Å². The fraction of sp³-hybridized carbons (Fsp3) is 0.105. The summed E-state index contributed by atoms with van der Waals surface area (Å²) in [6, 6.07) is 12.2. The van der Waals surface area contributed by atoms with Crippen LogP contribution in [0.25, 0.3) is 6.08 Å². The van der Waals surface area contributed by atoms with Gasteiger partial charge in [0.1, 0.15) is 11.3 Å². The third-order valence-electron chi connectivity index (χ3n) is 4.01. The Hall–Kier alpha value is -2.70. The smallest absolute Gasteiger partial charge is 0.270 e. The van der Waals surface area contributed by atoms with Crippen LogP contribution in [0, 0.1) is 6.92 Å². The summed E-state index contributed by atoms with van der Waals surface area (Å²) in [7, 11) is 1.57. The first-order valence-corrected chi connectivity index (χ1v) is 8.51. The van der Waals surface area contributed by atoms with Gasteiger partial charge in [0.2, 0.25) is 0 Å². The second kappa shape index (κ2) is 7.27. The average Bonchev–Trinajstić information content (AvgIpc) is 2.62. The first kappa shape index (κ1) is 18.1. The number of nitrogens with zero attached hydrogens (tertiary/aromatic N) is 1. The Kier molecular flexibility index (Phi) is 5.06. The van der Waals surface area contributed by atoms with Gasteiger partial charge in [0.05, 0.1) is 12.8 Å². The number of carbonyl (C=O) groups excluding carboxylic acids is 2. The van der Waals surface area contributed by atoms with Gasteiger partial charge in [0.25, 0.3) is 11.8 Å². The van der Waals surface area contributed by atoms with E-state index < -0.39 is 11.8 Å². The third kappa shape index (κ3) is 3.34. The Morgan fingerprint density at radius 3 is 2.50 bits per heavy atom. The highest BCUT2D eigenvalue weighted by Crippen LogP contribution is 2.29. The number of hydrogen-bond donors (Lipinski definition) is 1. The van der Waals surface area contributed by atoms with Crippen molar-refractivity contribution in [3.05, 3.63) is 64.2 Å². The van der Waals surface area contributed by atoms with Gasteiger partial charge in [-0.2, -0.15) is 0 Å². The lowest BCUT2D eigenvalue weighted by molar-refractivity contribution is -0.122. The summed E-state index contributed by atoms with van der Waals surface area (Å²) in [6.45, 7) is 1.79. The van der Waals surface area contributed by atoms with E-state index in [1.807, 2.05) is 0 Å². The van der Waals surface area contributed by atoms with Gasteiger partial charge in [-0.15, -0.1) is 0 Å². The molecule has 2 amide bonds.